The quantitative estimate of drug-likeness (QED) is 0.794. The Balaban J connectivity index is 1.99. The van der Waals surface area contributed by atoms with Gasteiger partial charge in [0.15, 0.2) is 0 Å². The van der Waals surface area contributed by atoms with Crippen LogP contribution in [0.15, 0.2) is 12.3 Å². The van der Waals surface area contributed by atoms with E-state index in [1.54, 1.807) is 6.20 Å². The number of hydrogen-bond donors (Lipinski definition) is 2. The van der Waals surface area contributed by atoms with E-state index in [0.717, 1.165) is 31.4 Å². The molecule has 2 rings (SSSR count). The molecule has 0 aromatic carbocycles. The van der Waals surface area contributed by atoms with Crippen molar-refractivity contribution in [1.82, 2.24) is 10.3 Å². The SMILES string of the molecule is Cc1cc(NC(=O)[C@@H]2CCCCN2)cnc1Cl. The van der Waals surface area contributed by atoms with Gasteiger partial charge in [-0.1, -0.05) is 18.0 Å². The van der Waals surface area contributed by atoms with Crippen molar-refractivity contribution in [3.8, 4) is 0 Å². The number of anilines is 1. The van der Waals surface area contributed by atoms with Crippen LogP contribution in [0, 0.1) is 6.92 Å². The highest BCUT2D eigenvalue weighted by Crippen LogP contribution is 2.17. The van der Waals surface area contributed by atoms with Gasteiger partial charge in [0.25, 0.3) is 0 Å². The molecule has 1 aliphatic heterocycles. The number of hydrogen-bond acceptors (Lipinski definition) is 3. The summed E-state index contributed by atoms with van der Waals surface area (Å²) in [5.41, 5.74) is 1.56. The minimum atomic E-state index is -0.0836. The Hall–Kier alpha value is -1.13. The van der Waals surface area contributed by atoms with E-state index >= 15 is 0 Å². The molecule has 1 amide bonds. The molecular formula is C12H16ClN3O. The molecule has 1 aromatic heterocycles. The van der Waals surface area contributed by atoms with E-state index in [2.05, 4.69) is 15.6 Å². The minimum Gasteiger partial charge on any atom is -0.323 e. The lowest BCUT2D eigenvalue weighted by Gasteiger charge is -2.22. The Morgan fingerprint density at radius 1 is 1.59 bits per heavy atom. The summed E-state index contributed by atoms with van der Waals surface area (Å²) >= 11 is 5.83. The summed E-state index contributed by atoms with van der Waals surface area (Å²) in [4.78, 5) is 15.9. The lowest BCUT2D eigenvalue weighted by atomic mass is 10.0. The molecule has 0 bridgehead atoms. The molecule has 1 atom stereocenters. The molecule has 1 fully saturated rings. The summed E-state index contributed by atoms with van der Waals surface area (Å²) in [7, 11) is 0. The lowest BCUT2D eigenvalue weighted by molar-refractivity contribution is -0.118. The van der Waals surface area contributed by atoms with Crippen molar-refractivity contribution in [3.63, 3.8) is 0 Å². The molecule has 5 heteroatoms. The molecule has 92 valence electrons. The van der Waals surface area contributed by atoms with Gasteiger partial charge in [-0.15, -0.1) is 0 Å². The number of carbonyl (C=O) groups excluding carboxylic acids is 1. The summed E-state index contributed by atoms with van der Waals surface area (Å²) in [5, 5.41) is 6.53. The van der Waals surface area contributed by atoms with Crippen LogP contribution in [0.3, 0.4) is 0 Å². The molecule has 0 radical (unpaired) electrons. The molecular weight excluding hydrogens is 238 g/mol. The van der Waals surface area contributed by atoms with Gasteiger partial charge in [0, 0.05) is 0 Å². The number of halogens is 1. The number of aryl methyl sites for hydroxylation is 1. The summed E-state index contributed by atoms with van der Waals surface area (Å²) in [6, 6.07) is 1.75. The Morgan fingerprint density at radius 2 is 2.41 bits per heavy atom. The van der Waals surface area contributed by atoms with Gasteiger partial charge in [0.1, 0.15) is 5.15 Å². The molecule has 1 aliphatic rings. The third-order valence-electron chi connectivity index (χ3n) is 2.91. The molecule has 1 aromatic rings. The molecule has 0 saturated carbocycles. The van der Waals surface area contributed by atoms with Gasteiger partial charge < -0.3 is 10.6 Å². The van der Waals surface area contributed by atoms with Crippen molar-refractivity contribution in [3.05, 3.63) is 23.0 Å². The minimum absolute atomic E-state index is 0.00761. The molecule has 1 saturated heterocycles. The van der Waals surface area contributed by atoms with Crippen molar-refractivity contribution in [2.75, 3.05) is 11.9 Å². The standard InChI is InChI=1S/C12H16ClN3O/c1-8-6-9(7-15-11(8)13)16-12(17)10-4-2-3-5-14-10/h6-7,10,14H,2-5H2,1H3,(H,16,17)/t10-/m0/s1. The fourth-order valence-electron chi connectivity index (χ4n) is 1.93. The first-order valence-corrected chi connectivity index (χ1v) is 6.21. The second-order valence-electron chi connectivity index (χ2n) is 4.32. The highest BCUT2D eigenvalue weighted by molar-refractivity contribution is 6.30. The van der Waals surface area contributed by atoms with Crippen molar-refractivity contribution < 1.29 is 4.79 Å². The number of nitrogens with zero attached hydrogens (tertiary/aromatic N) is 1. The third kappa shape index (κ3) is 3.17. The maximum atomic E-state index is 11.9. The average molecular weight is 254 g/mol. The van der Waals surface area contributed by atoms with Gasteiger partial charge in [-0.25, -0.2) is 4.98 Å². The predicted octanol–water partition coefficient (Wildman–Crippen LogP) is 2.12. The van der Waals surface area contributed by atoms with Crippen LogP contribution in [0.1, 0.15) is 24.8 Å². The van der Waals surface area contributed by atoms with E-state index in [4.69, 9.17) is 11.6 Å². The highest BCUT2D eigenvalue weighted by atomic mass is 35.5. The van der Waals surface area contributed by atoms with Crippen molar-refractivity contribution in [2.45, 2.75) is 32.2 Å². The number of carbonyl (C=O) groups is 1. The van der Waals surface area contributed by atoms with Gasteiger partial charge in [-0.2, -0.15) is 0 Å². The van der Waals surface area contributed by atoms with Crippen LogP contribution < -0.4 is 10.6 Å². The number of amides is 1. The molecule has 2 N–H and O–H groups in total. The first kappa shape index (κ1) is 12.3. The van der Waals surface area contributed by atoms with Crippen molar-refractivity contribution in [1.29, 1.82) is 0 Å². The topological polar surface area (TPSA) is 54.0 Å². The van der Waals surface area contributed by atoms with E-state index in [9.17, 15) is 4.79 Å². The second-order valence-corrected chi connectivity index (χ2v) is 4.68. The van der Waals surface area contributed by atoms with E-state index in [0.29, 0.717) is 10.8 Å². The number of nitrogens with one attached hydrogen (secondary N) is 2. The summed E-state index contributed by atoms with van der Waals surface area (Å²) < 4.78 is 0. The summed E-state index contributed by atoms with van der Waals surface area (Å²) in [6.45, 7) is 2.78. The van der Waals surface area contributed by atoms with Crippen molar-refractivity contribution >= 4 is 23.2 Å². The van der Waals surface area contributed by atoms with Gasteiger partial charge in [0.05, 0.1) is 17.9 Å². The number of aromatic nitrogens is 1. The maximum absolute atomic E-state index is 11.9. The Morgan fingerprint density at radius 3 is 3.06 bits per heavy atom. The summed E-state index contributed by atoms with van der Waals surface area (Å²) in [6.07, 6.45) is 4.72. The van der Waals surface area contributed by atoms with Crippen LogP contribution in [0.5, 0.6) is 0 Å². The molecule has 0 spiro atoms. The number of piperidine rings is 1. The Kier molecular flexibility index (Phi) is 3.97. The molecule has 17 heavy (non-hydrogen) atoms. The first-order chi connectivity index (χ1) is 8.16. The molecule has 4 nitrogen and oxygen atoms in total. The average Bonchev–Trinajstić information content (AvgIpc) is 2.35. The smallest absolute Gasteiger partial charge is 0.241 e. The van der Waals surface area contributed by atoms with Gasteiger partial charge in [-0.3, -0.25) is 4.79 Å². The molecule has 0 unspecified atom stereocenters. The van der Waals surface area contributed by atoms with E-state index in [-0.39, 0.29) is 11.9 Å². The fraction of sp³-hybridized carbons (Fsp3) is 0.500. The fourth-order valence-corrected chi connectivity index (χ4v) is 2.03. The van der Waals surface area contributed by atoms with Crippen LogP contribution in [0.25, 0.3) is 0 Å². The second kappa shape index (κ2) is 5.47. The van der Waals surface area contributed by atoms with Crippen LogP contribution in [-0.2, 0) is 4.79 Å². The first-order valence-electron chi connectivity index (χ1n) is 5.83. The zero-order valence-electron chi connectivity index (χ0n) is 9.79. The zero-order valence-corrected chi connectivity index (χ0v) is 10.5. The predicted molar refractivity (Wildman–Crippen MR) is 68.3 cm³/mol. The Labute approximate surface area is 106 Å². The van der Waals surface area contributed by atoms with Crippen LogP contribution >= 0.6 is 11.6 Å². The zero-order chi connectivity index (χ0) is 12.3. The van der Waals surface area contributed by atoms with Crippen LogP contribution in [-0.4, -0.2) is 23.5 Å². The van der Waals surface area contributed by atoms with E-state index < -0.39 is 0 Å². The summed E-state index contributed by atoms with van der Waals surface area (Å²) in [5.74, 6) is 0.00761. The van der Waals surface area contributed by atoms with E-state index in [1.165, 1.54) is 0 Å². The molecule has 0 aliphatic carbocycles. The van der Waals surface area contributed by atoms with Crippen LogP contribution in [0.4, 0.5) is 5.69 Å². The lowest BCUT2D eigenvalue weighted by Crippen LogP contribution is -2.43. The monoisotopic (exact) mass is 253 g/mol. The highest BCUT2D eigenvalue weighted by Gasteiger charge is 2.20. The van der Waals surface area contributed by atoms with Crippen LogP contribution in [0.2, 0.25) is 5.15 Å². The van der Waals surface area contributed by atoms with Gasteiger partial charge in [-0.05, 0) is 37.9 Å². The van der Waals surface area contributed by atoms with Gasteiger partial charge in [0.2, 0.25) is 5.91 Å². The Bertz CT molecular complexity index is 416. The largest absolute Gasteiger partial charge is 0.323 e. The number of rotatable bonds is 2. The third-order valence-corrected chi connectivity index (χ3v) is 3.30. The number of pyridine rings is 1. The normalized spacial score (nSPS) is 20.0. The van der Waals surface area contributed by atoms with E-state index in [1.807, 2.05) is 13.0 Å². The van der Waals surface area contributed by atoms with Crippen molar-refractivity contribution in [2.24, 2.45) is 0 Å². The van der Waals surface area contributed by atoms with Gasteiger partial charge >= 0.3 is 0 Å². The maximum Gasteiger partial charge on any atom is 0.241 e. The molecule has 2 heterocycles.